The zero-order valence-electron chi connectivity index (χ0n) is 14.2. The molecule has 0 aliphatic rings. The van der Waals surface area contributed by atoms with E-state index in [4.69, 9.17) is 0 Å². The van der Waals surface area contributed by atoms with Crippen molar-refractivity contribution >= 4 is 10.0 Å². The van der Waals surface area contributed by atoms with Gasteiger partial charge in [-0.1, -0.05) is 12.1 Å². The maximum absolute atomic E-state index is 12.4. The fourth-order valence-corrected chi connectivity index (χ4v) is 3.59. The molecule has 0 amide bonds. The molecule has 3 aromatic rings. The molecular weight excluding hydrogens is 336 g/mol. The number of nitrogens with one attached hydrogen (secondary N) is 1. The number of aromatic nitrogens is 3. The summed E-state index contributed by atoms with van der Waals surface area (Å²) in [5.41, 5.74) is 2.77. The molecule has 0 bridgehead atoms. The number of sulfonamides is 1. The number of rotatable bonds is 6. The lowest BCUT2D eigenvalue weighted by Gasteiger charge is -2.10. The van der Waals surface area contributed by atoms with Gasteiger partial charge in [0, 0.05) is 31.7 Å². The number of aryl methyl sites for hydroxylation is 2. The Morgan fingerprint density at radius 2 is 1.88 bits per heavy atom. The van der Waals surface area contributed by atoms with Crippen molar-refractivity contribution in [2.45, 2.75) is 25.3 Å². The van der Waals surface area contributed by atoms with Crippen molar-refractivity contribution in [3.63, 3.8) is 0 Å². The van der Waals surface area contributed by atoms with Gasteiger partial charge in [0.25, 0.3) is 0 Å². The van der Waals surface area contributed by atoms with Gasteiger partial charge in [0.1, 0.15) is 5.69 Å². The lowest BCUT2D eigenvalue weighted by molar-refractivity contribution is 0.573. The maximum Gasteiger partial charge on any atom is 0.240 e. The second-order valence-electron chi connectivity index (χ2n) is 5.80. The van der Waals surface area contributed by atoms with Gasteiger partial charge in [0.2, 0.25) is 10.0 Å². The molecule has 1 N–H and O–H groups in total. The molecule has 6 nitrogen and oxygen atoms in total. The van der Waals surface area contributed by atoms with Crippen molar-refractivity contribution in [1.29, 1.82) is 0 Å². The van der Waals surface area contributed by atoms with Crippen molar-refractivity contribution in [1.82, 2.24) is 19.3 Å². The first-order valence-electron chi connectivity index (χ1n) is 7.97. The average molecular weight is 356 g/mol. The number of pyridine rings is 1. The molecule has 1 aromatic carbocycles. The van der Waals surface area contributed by atoms with Crippen molar-refractivity contribution in [2.24, 2.45) is 0 Å². The van der Waals surface area contributed by atoms with Crippen LogP contribution in [0.2, 0.25) is 0 Å². The highest BCUT2D eigenvalue weighted by Gasteiger charge is 2.14. The van der Waals surface area contributed by atoms with Crippen LogP contribution < -0.4 is 4.72 Å². The van der Waals surface area contributed by atoms with Gasteiger partial charge in [-0.05, 0) is 49.2 Å². The van der Waals surface area contributed by atoms with Gasteiger partial charge in [0.05, 0.1) is 4.90 Å². The molecule has 3 rings (SSSR count). The number of imidazole rings is 1. The van der Waals surface area contributed by atoms with Crippen LogP contribution in [-0.2, 0) is 16.6 Å². The normalized spacial score (nSPS) is 11.6. The molecule has 0 fully saturated rings. The third-order valence-electron chi connectivity index (χ3n) is 4.04. The second kappa shape index (κ2) is 7.16. The van der Waals surface area contributed by atoms with E-state index in [1.165, 1.54) is 0 Å². The maximum atomic E-state index is 12.4. The van der Waals surface area contributed by atoms with E-state index in [2.05, 4.69) is 14.7 Å². The zero-order valence-corrected chi connectivity index (χ0v) is 15.0. The minimum atomic E-state index is -3.53. The van der Waals surface area contributed by atoms with E-state index in [1.54, 1.807) is 24.5 Å². The molecule has 130 valence electrons. The predicted molar refractivity (Wildman–Crippen MR) is 96.6 cm³/mol. The Hall–Kier alpha value is -2.51. The van der Waals surface area contributed by atoms with Crippen LogP contribution in [0.15, 0.2) is 59.9 Å². The molecule has 0 unspecified atom stereocenters. The van der Waals surface area contributed by atoms with Gasteiger partial charge in [-0.15, -0.1) is 0 Å². The molecule has 2 heterocycles. The Morgan fingerprint density at radius 1 is 1.04 bits per heavy atom. The summed E-state index contributed by atoms with van der Waals surface area (Å²) in [5, 5.41) is 0. The van der Waals surface area contributed by atoms with Crippen LogP contribution in [0.3, 0.4) is 0 Å². The number of nitrogens with zero attached hydrogens (tertiary/aromatic N) is 3. The SMILES string of the molecule is Cc1ccc(S(=O)(=O)NCCn2ccnc2-c2ccccn2)cc1C. The van der Waals surface area contributed by atoms with Gasteiger partial charge in [-0.2, -0.15) is 0 Å². The molecule has 0 spiro atoms. The van der Waals surface area contributed by atoms with E-state index in [0.29, 0.717) is 12.4 Å². The van der Waals surface area contributed by atoms with Gasteiger partial charge < -0.3 is 4.57 Å². The first-order chi connectivity index (χ1) is 12.0. The molecule has 0 aliphatic carbocycles. The van der Waals surface area contributed by atoms with Crippen molar-refractivity contribution in [2.75, 3.05) is 6.54 Å². The first kappa shape index (κ1) is 17.3. The molecular formula is C18H20N4O2S. The Balaban J connectivity index is 1.69. The van der Waals surface area contributed by atoms with Crippen LogP contribution in [0.5, 0.6) is 0 Å². The standard InChI is InChI=1S/C18H20N4O2S/c1-14-6-7-16(13-15(14)2)25(23,24)21-10-12-22-11-9-20-18(22)17-5-3-4-8-19-17/h3-9,11,13,21H,10,12H2,1-2H3. The Morgan fingerprint density at radius 3 is 2.60 bits per heavy atom. The highest BCUT2D eigenvalue weighted by molar-refractivity contribution is 7.89. The molecule has 0 saturated heterocycles. The predicted octanol–water partition coefficient (Wildman–Crippen LogP) is 2.54. The summed E-state index contributed by atoms with van der Waals surface area (Å²) in [6, 6.07) is 10.7. The van der Waals surface area contributed by atoms with E-state index in [0.717, 1.165) is 16.8 Å². The van der Waals surface area contributed by atoms with E-state index in [1.807, 2.05) is 48.9 Å². The highest BCUT2D eigenvalue weighted by Crippen LogP contribution is 2.15. The van der Waals surface area contributed by atoms with Crippen molar-refractivity contribution in [3.8, 4) is 11.5 Å². The summed E-state index contributed by atoms with van der Waals surface area (Å²) >= 11 is 0. The van der Waals surface area contributed by atoms with Gasteiger partial charge in [-0.3, -0.25) is 4.98 Å². The molecule has 0 aliphatic heterocycles. The quantitative estimate of drug-likeness (QED) is 0.736. The largest absolute Gasteiger partial charge is 0.328 e. The smallest absolute Gasteiger partial charge is 0.240 e. The van der Waals surface area contributed by atoms with Crippen molar-refractivity contribution in [3.05, 3.63) is 66.1 Å². The first-order valence-corrected chi connectivity index (χ1v) is 9.45. The molecule has 0 atom stereocenters. The zero-order chi connectivity index (χ0) is 17.9. The van der Waals surface area contributed by atoms with Crippen LogP contribution in [-0.4, -0.2) is 29.5 Å². The summed E-state index contributed by atoms with van der Waals surface area (Å²) in [4.78, 5) is 8.87. The van der Waals surface area contributed by atoms with Crippen LogP contribution >= 0.6 is 0 Å². The minimum absolute atomic E-state index is 0.269. The van der Waals surface area contributed by atoms with Gasteiger partial charge >= 0.3 is 0 Å². The number of benzene rings is 1. The van der Waals surface area contributed by atoms with E-state index >= 15 is 0 Å². The highest BCUT2D eigenvalue weighted by atomic mass is 32.2. The third-order valence-corrected chi connectivity index (χ3v) is 5.50. The lowest BCUT2D eigenvalue weighted by atomic mass is 10.1. The molecule has 2 aromatic heterocycles. The monoisotopic (exact) mass is 356 g/mol. The van der Waals surface area contributed by atoms with Crippen LogP contribution in [0, 0.1) is 13.8 Å². The van der Waals surface area contributed by atoms with Gasteiger partial charge in [0.15, 0.2) is 5.82 Å². The summed E-state index contributed by atoms with van der Waals surface area (Å²) in [7, 11) is -3.53. The Kier molecular flexibility index (Phi) is 4.96. The summed E-state index contributed by atoms with van der Waals surface area (Å²) in [5.74, 6) is 0.714. The van der Waals surface area contributed by atoms with Gasteiger partial charge in [-0.25, -0.2) is 18.1 Å². The summed E-state index contributed by atoms with van der Waals surface area (Å²) in [6.07, 6.45) is 5.20. The van der Waals surface area contributed by atoms with E-state index in [9.17, 15) is 8.42 Å². The summed E-state index contributed by atoms with van der Waals surface area (Å²) < 4.78 is 29.4. The van der Waals surface area contributed by atoms with Crippen molar-refractivity contribution < 1.29 is 8.42 Å². The topological polar surface area (TPSA) is 76.9 Å². The van der Waals surface area contributed by atoms with E-state index in [-0.39, 0.29) is 11.4 Å². The summed E-state index contributed by atoms with van der Waals surface area (Å²) in [6.45, 7) is 4.60. The minimum Gasteiger partial charge on any atom is -0.328 e. The molecule has 0 saturated carbocycles. The molecule has 0 radical (unpaired) electrons. The molecule has 25 heavy (non-hydrogen) atoms. The van der Waals surface area contributed by atoms with Crippen LogP contribution in [0.4, 0.5) is 0 Å². The number of hydrogen-bond donors (Lipinski definition) is 1. The third kappa shape index (κ3) is 3.94. The number of hydrogen-bond acceptors (Lipinski definition) is 4. The molecule has 7 heteroatoms. The lowest BCUT2D eigenvalue weighted by Crippen LogP contribution is -2.27. The Labute approximate surface area is 147 Å². The van der Waals surface area contributed by atoms with Crippen LogP contribution in [0.1, 0.15) is 11.1 Å². The fourth-order valence-electron chi connectivity index (χ4n) is 2.48. The Bertz CT molecular complexity index is 966. The average Bonchev–Trinajstić information content (AvgIpc) is 3.06. The fraction of sp³-hybridized carbons (Fsp3) is 0.222. The second-order valence-corrected chi connectivity index (χ2v) is 7.57. The van der Waals surface area contributed by atoms with Crippen LogP contribution in [0.25, 0.3) is 11.5 Å². The van der Waals surface area contributed by atoms with E-state index < -0.39 is 10.0 Å².